The molecule has 2 amide bonds. The third kappa shape index (κ3) is 4.05. The van der Waals surface area contributed by atoms with Crippen LogP contribution in [-0.4, -0.2) is 22.3 Å². The van der Waals surface area contributed by atoms with Crippen molar-refractivity contribution in [3.63, 3.8) is 0 Å². The summed E-state index contributed by atoms with van der Waals surface area (Å²) in [4.78, 5) is 23.7. The lowest BCUT2D eigenvalue weighted by molar-refractivity contribution is 0.0653. The Kier molecular flexibility index (Phi) is 5.25. The maximum Gasteiger partial charge on any atom is 0.375 e. The summed E-state index contributed by atoms with van der Waals surface area (Å²) >= 11 is 0. The topological polar surface area (TPSA) is 104 Å². The van der Waals surface area contributed by atoms with Crippen LogP contribution in [0, 0.1) is 0 Å². The van der Waals surface area contributed by atoms with Crippen LogP contribution >= 0.6 is 0 Å². The number of rotatable bonds is 5. The smallest absolute Gasteiger partial charge is 0.375 e. The fraction of sp³-hybridized carbons (Fsp3) is 0. The van der Waals surface area contributed by atoms with Crippen molar-refractivity contribution in [1.29, 1.82) is 0 Å². The molecule has 0 bridgehead atoms. The van der Waals surface area contributed by atoms with Crippen molar-refractivity contribution in [3.05, 3.63) is 90.7 Å². The van der Waals surface area contributed by atoms with Gasteiger partial charge < -0.3 is 20.3 Å². The van der Waals surface area contributed by atoms with E-state index in [1.165, 1.54) is 0 Å². The number of para-hydroxylation sites is 1. The van der Waals surface area contributed by atoms with E-state index in [0.29, 0.717) is 33.8 Å². The molecule has 0 aliphatic carbocycles. The zero-order chi connectivity index (χ0) is 20.9. The molecule has 4 rings (SSSR count). The summed E-state index contributed by atoms with van der Waals surface area (Å²) in [6, 6.07) is 24.7. The highest BCUT2D eigenvalue weighted by atomic mass is 16.5. The summed E-state index contributed by atoms with van der Waals surface area (Å²) in [5.41, 5.74) is 3.44. The molecule has 0 aliphatic rings. The van der Waals surface area contributed by atoms with Gasteiger partial charge in [0.25, 0.3) is 5.76 Å². The van der Waals surface area contributed by atoms with Gasteiger partial charge in [-0.25, -0.2) is 9.59 Å². The number of hydrogen-bond donors (Lipinski definition) is 3. The first-order chi connectivity index (χ1) is 14.6. The molecule has 0 spiro atoms. The van der Waals surface area contributed by atoms with Crippen molar-refractivity contribution in [2.45, 2.75) is 0 Å². The molecular weight excluding hydrogens is 382 g/mol. The van der Waals surface area contributed by atoms with Gasteiger partial charge in [0.2, 0.25) is 0 Å². The lowest BCUT2D eigenvalue weighted by atomic mass is 9.99. The van der Waals surface area contributed by atoms with E-state index in [2.05, 4.69) is 15.8 Å². The monoisotopic (exact) mass is 399 g/mol. The van der Waals surface area contributed by atoms with Gasteiger partial charge in [0.15, 0.2) is 0 Å². The third-order valence-corrected chi connectivity index (χ3v) is 4.40. The lowest BCUT2D eigenvalue weighted by Crippen LogP contribution is -2.19. The zero-order valence-electron chi connectivity index (χ0n) is 15.7. The first-order valence-corrected chi connectivity index (χ1v) is 9.13. The quantitative estimate of drug-likeness (QED) is 0.420. The standard InChI is InChI=1S/C23H17N3O4/c27-22(28)21-19(15-7-3-1-4-8-15)20(26-30-21)16-11-13-18(14-12-16)25-23(29)24-17-9-5-2-6-10-17/h1-14H,(H,27,28)(H2,24,25,29). The van der Waals surface area contributed by atoms with Crippen LogP contribution in [0.4, 0.5) is 16.2 Å². The van der Waals surface area contributed by atoms with E-state index in [9.17, 15) is 14.7 Å². The Balaban J connectivity index is 1.57. The molecule has 0 radical (unpaired) electrons. The molecule has 3 N–H and O–H groups in total. The van der Waals surface area contributed by atoms with Gasteiger partial charge in [-0.1, -0.05) is 65.8 Å². The SMILES string of the molecule is O=C(Nc1ccccc1)Nc1ccc(-c2noc(C(=O)O)c2-c2ccccc2)cc1. The van der Waals surface area contributed by atoms with Gasteiger partial charge in [0.05, 0.1) is 5.56 Å². The Morgan fingerprint density at radius 1 is 0.733 bits per heavy atom. The zero-order valence-corrected chi connectivity index (χ0v) is 15.7. The van der Waals surface area contributed by atoms with Crippen LogP contribution in [0.3, 0.4) is 0 Å². The van der Waals surface area contributed by atoms with E-state index in [0.717, 1.165) is 0 Å². The number of carboxylic acids is 1. The van der Waals surface area contributed by atoms with Gasteiger partial charge in [-0.05, 0) is 29.8 Å². The normalized spacial score (nSPS) is 10.4. The third-order valence-electron chi connectivity index (χ3n) is 4.40. The summed E-state index contributed by atoms with van der Waals surface area (Å²) in [5, 5.41) is 18.9. The number of anilines is 2. The summed E-state index contributed by atoms with van der Waals surface area (Å²) < 4.78 is 5.10. The van der Waals surface area contributed by atoms with Gasteiger partial charge in [-0.2, -0.15) is 0 Å². The highest BCUT2D eigenvalue weighted by molar-refractivity contribution is 6.00. The van der Waals surface area contributed by atoms with Crippen molar-refractivity contribution in [1.82, 2.24) is 5.16 Å². The average molecular weight is 399 g/mol. The number of nitrogens with zero attached hydrogens (tertiary/aromatic N) is 1. The van der Waals surface area contributed by atoms with Crippen molar-refractivity contribution >= 4 is 23.4 Å². The van der Waals surface area contributed by atoms with Crippen LogP contribution in [0.5, 0.6) is 0 Å². The fourth-order valence-electron chi connectivity index (χ4n) is 3.03. The maximum absolute atomic E-state index is 12.1. The molecule has 3 aromatic carbocycles. The van der Waals surface area contributed by atoms with Crippen LogP contribution in [-0.2, 0) is 0 Å². The molecule has 0 atom stereocenters. The van der Waals surface area contributed by atoms with Crippen molar-refractivity contribution in [2.75, 3.05) is 10.6 Å². The Hall–Kier alpha value is -4.39. The van der Waals surface area contributed by atoms with Crippen LogP contribution in [0.2, 0.25) is 0 Å². The molecular formula is C23H17N3O4. The molecule has 7 nitrogen and oxygen atoms in total. The van der Waals surface area contributed by atoms with Crippen molar-refractivity contribution in [3.8, 4) is 22.4 Å². The van der Waals surface area contributed by atoms with Gasteiger partial charge in [-0.3, -0.25) is 0 Å². The van der Waals surface area contributed by atoms with Crippen LogP contribution < -0.4 is 10.6 Å². The molecule has 30 heavy (non-hydrogen) atoms. The van der Waals surface area contributed by atoms with Gasteiger partial charge in [0, 0.05) is 16.9 Å². The summed E-state index contributed by atoms with van der Waals surface area (Å²) in [6.45, 7) is 0. The first kappa shape index (κ1) is 18.9. The number of benzene rings is 3. The Labute approximate surface area is 172 Å². The second-order valence-electron chi connectivity index (χ2n) is 6.43. The van der Waals surface area contributed by atoms with E-state index in [1.54, 1.807) is 48.5 Å². The Bertz CT molecular complexity index is 1170. The number of nitrogens with one attached hydrogen (secondary N) is 2. The first-order valence-electron chi connectivity index (χ1n) is 9.13. The minimum atomic E-state index is -1.19. The van der Waals surface area contributed by atoms with Crippen LogP contribution in [0.1, 0.15) is 10.6 Å². The van der Waals surface area contributed by atoms with Gasteiger partial charge >= 0.3 is 12.0 Å². The minimum Gasteiger partial charge on any atom is -0.475 e. The van der Waals surface area contributed by atoms with E-state index in [1.807, 2.05) is 36.4 Å². The second kappa shape index (κ2) is 8.32. The molecule has 1 aromatic heterocycles. The second-order valence-corrected chi connectivity index (χ2v) is 6.43. The number of carbonyl (C=O) groups is 2. The van der Waals surface area contributed by atoms with Gasteiger partial charge in [0.1, 0.15) is 5.69 Å². The lowest BCUT2D eigenvalue weighted by Gasteiger charge is -2.08. The molecule has 0 aliphatic heterocycles. The molecule has 4 aromatic rings. The molecule has 7 heteroatoms. The fourth-order valence-corrected chi connectivity index (χ4v) is 3.03. The molecule has 0 fully saturated rings. The number of aromatic carboxylic acids is 1. The maximum atomic E-state index is 12.1. The number of amides is 2. The molecule has 0 saturated heterocycles. The van der Waals surface area contributed by atoms with E-state index < -0.39 is 5.97 Å². The summed E-state index contributed by atoms with van der Waals surface area (Å²) in [5.74, 6) is -1.41. The summed E-state index contributed by atoms with van der Waals surface area (Å²) in [6.07, 6.45) is 0. The minimum absolute atomic E-state index is 0.222. The highest BCUT2D eigenvalue weighted by Crippen LogP contribution is 2.35. The van der Waals surface area contributed by atoms with Crippen LogP contribution in [0.15, 0.2) is 89.5 Å². The predicted octanol–water partition coefficient (Wildman–Crippen LogP) is 5.35. The van der Waals surface area contributed by atoms with Crippen molar-refractivity contribution in [2.24, 2.45) is 0 Å². The molecule has 0 saturated carbocycles. The van der Waals surface area contributed by atoms with Crippen molar-refractivity contribution < 1.29 is 19.2 Å². The summed E-state index contributed by atoms with van der Waals surface area (Å²) in [7, 11) is 0. The number of hydrogen-bond acceptors (Lipinski definition) is 4. The largest absolute Gasteiger partial charge is 0.475 e. The number of aromatic nitrogens is 1. The Morgan fingerprint density at radius 3 is 1.90 bits per heavy atom. The molecule has 1 heterocycles. The molecule has 0 unspecified atom stereocenters. The number of carboxylic acid groups (broad SMARTS) is 1. The van der Waals surface area contributed by atoms with Gasteiger partial charge in [-0.15, -0.1) is 0 Å². The molecule has 148 valence electrons. The highest BCUT2D eigenvalue weighted by Gasteiger charge is 2.24. The Morgan fingerprint density at radius 2 is 1.30 bits per heavy atom. The van der Waals surface area contributed by atoms with E-state index in [-0.39, 0.29) is 11.8 Å². The predicted molar refractivity (Wildman–Crippen MR) is 113 cm³/mol. The van der Waals surface area contributed by atoms with E-state index >= 15 is 0 Å². The van der Waals surface area contributed by atoms with E-state index in [4.69, 9.17) is 4.52 Å². The number of urea groups is 1. The average Bonchev–Trinajstić information content (AvgIpc) is 3.21. The van der Waals surface area contributed by atoms with Crippen LogP contribution in [0.25, 0.3) is 22.4 Å². The number of carbonyl (C=O) groups excluding carboxylic acids is 1.